The summed E-state index contributed by atoms with van der Waals surface area (Å²) in [6.07, 6.45) is 6.63. The lowest BCUT2D eigenvalue weighted by atomic mass is 9.91. The van der Waals surface area contributed by atoms with E-state index in [2.05, 4.69) is 14.9 Å². The molecule has 1 aliphatic carbocycles. The molecule has 0 aliphatic heterocycles. The highest BCUT2D eigenvalue weighted by atomic mass is 16.5. The maximum absolute atomic E-state index is 12.3. The van der Waals surface area contributed by atoms with Crippen LogP contribution in [0.25, 0.3) is 11.0 Å². The lowest BCUT2D eigenvalue weighted by molar-refractivity contribution is 0.0526. The summed E-state index contributed by atoms with van der Waals surface area (Å²) in [5.41, 5.74) is 2.11. The normalized spacial score (nSPS) is 21.3. The number of aliphatic hydroxyl groups excluding tert-OH is 1. The molecule has 0 aromatic carbocycles. The zero-order valence-electron chi connectivity index (χ0n) is 13.6. The lowest BCUT2D eigenvalue weighted by Crippen LogP contribution is -2.37. The second kappa shape index (κ2) is 6.58. The predicted molar refractivity (Wildman–Crippen MR) is 88.7 cm³/mol. The van der Waals surface area contributed by atoms with Crippen molar-refractivity contribution in [3.63, 3.8) is 0 Å². The second-order valence-electron chi connectivity index (χ2n) is 6.05. The van der Waals surface area contributed by atoms with Crippen LogP contribution in [-0.2, 0) is 4.74 Å². The molecule has 0 spiro atoms. The molecular formula is C17H23N3O3. The summed E-state index contributed by atoms with van der Waals surface area (Å²) < 4.78 is 5.19. The van der Waals surface area contributed by atoms with Crippen molar-refractivity contribution in [2.75, 3.05) is 18.6 Å². The van der Waals surface area contributed by atoms with Crippen LogP contribution in [0.5, 0.6) is 0 Å². The lowest BCUT2D eigenvalue weighted by Gasteiger charge is -2.35. The topological polar surface area (TPSA) is 78.5 Å². The van der Waals surface area contributed by atoms with Crippen LogP contribution >= 0.6 is 0 Å². The van der Waals surface area contributed by atoms with Gasteiger partial charge >= 0.3 is 5.97 Å². The number of ether oxygens (including phenoxy) is 1. The molecule has 3 rings (SSSR count). The number of hydrogen-bond acceptors (Lipinski definition) is 5. The Bertz CT molecular complexity index is 689. The van der Waals surface area contributed by atoms with Crippen molar-refractivity contribution in [3.05, 3.63) is 24.0 Å². The molecule has 0 radical (unpaired) electrons. The molecule has 2 aromatic rings. The Morgan fingerprint density at radius 1 is 1.43 bits per heavy atom. The third kappa shape index (κ3) is 3.03. The zero-order chi connectivity index (χ0) is 16.4. The van der Waals surface area contributed by atoms with Crippen LogP contribution in [0.1, 0.15) is 43.0 Å². The number of aromatic amines is 1. The Balaban J connectivity index is 2.00. The van der Waals surface area contributed by atoms with E-state index in [1.54, 1.807) is 13.1 Å². The Kier molecular flexibility index (Phi) is 4.52. The van der Waals surface area contributed by atoms with E-state index >= 15 is 0 Å². The van der Waals surface area contributed by atoms with E-state index < -0.39 is 0 Å². The number of rotatable bonds is 4. The number of carbonyl (C=O) groups is 1. The van der Waals surface area contributed by atoms with Crippen LogP contribution in [0, 0.1) is 0 Å². The van der Waals surface area contributed by atoms with Crippen LogP contribution in [0.3, 0.4) is 0 Å². The van der Waals surface area contributed by atoms with Gasteiger partial charge in [0.25, 0.3) is 0 Å². The standard InChI is InChI=1S/C17H23N3O3/c1-3-23-17(22)14-10-19-16-13(8-9-18-16)15(14)20(2)11-4-6-12(21)7-5-11/h8-12,21H,3-7H2,1-2H3,(H,18,19)/t11-,12-. The van der Waals surface area contributed by atoms with Crippen molar-refractivity contribution in [2.45, 2.75) is 44.8 Å². The molecule has 0 atom stereocenters. The number of aliphatic hydroxyl groups is 1. The predicted octanol–water partition coefficient (Wildman–Crippen LogP) is 2.48. The Morgan fingerprint density at radius 3 is 2.87 bits per heavy atom. The van der Waals surface area contributed by atoms with E-state index in [0.717, 1.165) is 42.4 Å². The fourth-order valence-electron chi connectivity index (χ4n) is 3.36. The number of esters is 1. The molecule has 0 bridgehead atoms. The molecule has 6 nitrogen and oxygen atoms in total. The van der Waals surface area contributed by atoms with Gasteiger partial charge in [0.2, 0.25) is 0 Å². The third-order valence-electron chi connectivity index (χ3n) is 4.62. The van der Waals surface area contributed by atoms with Crippen molar-refractivity contribution in [1.82, 2.24) is 9.97 Å². The summed E-state index contributed by atoms with van der Waals surface area (Å²) in [4.78, 5) is 21.9. The molecule has 0 amide bonds. The van der Waals surface area contributed by atoms with Crippen LogP contribution in [-0.4, -0.2) is 46.8 Å². The Morgan fingerprint density at radius 2 is 2.17 bits per heavy atom. The highest BCUT2D eigenvalue weighted by molar-refractivity contribution is 6.04. The van der Waals surface area contributed by atoms with E-state index in [0.29, 0.717) is 18.2 Å². The first-order chi connectivity index (χ1) is 11.1. The molecule has 1 saturated carbocycles. The van der Waals surface area contributed by atoms with Crippen molar-refractivity contribution >= 4 is 22.7 Å². The van der Waals surface area contributed by atoms with Gasteiger partial charge in [0, 0.05) is 30.9 Å². The molecule has 1 aliphatic rings. The summed E-state index contributed by atoms with van der Waals surface area (Å²) in [6.45, 7) is 2.13. The summed E-state index contributed by atoms with van der Waals surface area (Å²) in [6, 6.07) is 2.24. The summed E-state index contributed by atoms with van der Waals surface area (Å²) in [5, 5.41) is 10.6. The van der Waals surface area contributed by atoms with Crippen molar-refractivity contribution < 1.29 is 14.6 Å². The largest absolute Gasteiger partial charge is 0.462 e. The molecular weight excluding hydrogens is 294 g/mol. The molecule has 1 fully saturated rings. The van der Waals surface area contributed by atoms with Gasteiger partial charge in [-0.3, -0.25) is 0 Å². The van der Waals surface area contributed by atoms with E-state index in [9.17, 15) is 9.90 Å². The van der Waals surface area contributed by atoms with Gasteiger partial charge in [-0.15, -0.1) is 0 Å². The third-order valence-corrected chi connectivity index (χ3v) is 4.62. The Hall–Kier alpha value is -2.08. The monoisotopic (exact) mass is 317 g/mol. The van der Waals surface area contributed by atoms with Crippen molar-refractivity contribution in [1.29, 1.82) is 0 Å². The quantitative estimate of drug-likeness (QED) is 0.847. The molecule has 2 aromatic heterocycles. The number of pyridine rings is 1. The number of carbonyl (C=O) groups excluding carboxylic acids is 1. The first-order valence-corrected chi connectivity index (χ1v) is 8.16. The van der Waals surface area contributed by atoms with E-state index in [1.165, 1.54) is 0 Å². The molecule has 0 unspecified atom stereocenters. The molecule has 0 saturated heterocycles. The average molecular weight is 317 g/mol. The molecule has 2 heterocycles. The van der Waals surface area contributed by atoms with Crippen LogP contribution < -0.4 is 4.90 Å². The van der Waals surface area contributed by atoms with Gasteiger partial charge in [-0.1, -0.05) is 0 Å². The number of nitrogens with one attached hydrogen (secondary N) is 1. The van der Waals surface area contributed by atoms with Gasteiger partial charge < -0.3 is 19.7 Å². The Labute approximate surface area is 135 Å². The second-order valence-corrected chi connectivity index (χ2v) is 6.05. The minimum Gasteiger partial charge on any atom is -0.462 e. The van der Waals surface area contributed by atoms with Gasteiger partial charge in [-0.25, -0.2) is 9.78 Å². The van der Waals surface area contributed by atoms with Gasteiger partial charge in [-0.05, 0) is 38.7 Å². The minimum atomic E-state index is -0.346. The highest BCUT2D eigenvalue weighted by Crippen LogP contribution is 2.33. The maximum atomic E-state index is 12.3. The van der Waals surface area contributed by atoms with Crippen LogP contribution in [0.2, 0.25) is 0 Å². The number of aromatic nitrogens is 2. The molecule has 23 heavy (non-hydrogen) atoms. The summed E-state index contributed by atoms with van der Waals surface area (Å²) in [5.74, 6) is -0.346. The molecule has 124 valence electrons. The van der Waals surface area contributed by atoms with Gasteiger partial charge in [-0.2, -0.15) is 0 Å². The maximum Gasteiger partial charge on any atom is 0.341 e. The fraction of sp³-hybridized carbons (Fsp3) is 0.529. The van der Waals surface area contributed by atoms with Gasteiger partial charge in [0.05, 0.1) is 18.4 Å². The van der Waals surface area contributed by atoms with Crippen molar-refractivity contribution in [3.8, 4) is 0 Å². The first-order valence-electron chi connectivity index (χ1n) is 8.16. The van der Waals surface area contributed by atoms with E-state index in [-0.39, 0.29) is 12.1 Å². The highest BCUT2D eigenvalue weighted by Gasteiger charge is 2.27. The number of H-pyrrole nitrogens is 1. The molecule has 2 N–H and O–H groups in total. The van der Waals surface area contributed by atoms with Crippen molar-refractivity contribution in [2.24, 2.45) is 0 Å². The van der Waals surface area contributed by atoms with Crippen LogP contribution in [0.4, 0.5) is 5.69 Å². The van der Waals surface area contributed by atoms with Crippen LogP contribution in [0.15, 0.2) is 18.5 Å². The van der Waals surface area contributed by atoms with Gasteiger partial charge in [0.1, 0.15) is 11.2 Å². The first kappa shape index (κ1) is 15.8. The van der Waals surface area contributed by atoms with E-state index in [4.69, 9.17) is 4.74 Å². The zero-order valence-corrected chi connectivity index (χ0v) is 13.6. The number of nitrogens with zero attached hydrogens (tertiary/aromatic N) is 2. The smallest absolute Gasteiger partial charge is 0.341 e. The SMILES string of the molecule is CCOC(=O)c1cnc2[nH]ccc2c1N(C)[C@H]1CC[C@H](O)CC1. The number of anilines is 1. The van der Waals surface area contributed by atoms with Gasteiger partial charge in [0.15, 0.2) is 0 Å². The average Bonchev–Trinajstić information content (AvgIpc) is 3.02. The minimum absolute atomic E-state index is 0.200. The fourth-order valence-corrected chi connectivity index (χ4v) is 3.36. The van der Waals surface area contributed by atoms with E-state index in [1.807, 2.05) is 19.3 Å². The summed E-state index contributed by atoms with van der Waals surface area (Å²) in [7, 11) is 2.01. The number of fused-ring (bicyclic) bond motifs is 1. The molecule has 6 heteroatoms. The summed E-state index contributed by atoms with van der Waals surface area (Å²) >= 11 is 0. The number of hydrogen-bond donors (Lipinski definition) is 2.